The van der Waals surface area contributed by atoms with Gasteiger partial charge < -0.3 is 10.2 Å². The Morgan fingerprint density at radius 2 is 2.06 bits per heavy atom. The zero-order valence-corrected chi connectivity index (χ0v) is 12.1. The average molecular weight is 252 g/mol. The van der Waals surface area contributed by atoms with E-state index in [1.165, 1.54) is 32.1 Å². The molecule has 1 N–H and O–H groups in total. The number of carbonyl (C=O) groups is 1. The Bertz CT molecular complexity index is 288. The molecule has 2 heterocycles. The second-order valence-electron chi connectivity index (χ2n) is 5.99. The molecule has 2 rings (SSSR count). The molecule has 1 amide bonds. The minimum Gasteiger partial charge on any atom is -0.338 e. The Morgan fingerprint density at radius 3 is 2.72 bits per heavy atom. The summed E-state index contributed by atoms with van der Waals surface area (Å²) in [4.78, 5) is 14.1. The minimum atomic E-state index is 0.369. The molecular weight excluding hydrogens is 224 g/mol. The van der Waals surface area contributed by atoms with Crippen molar-refractivity contribution in [3.05, 3.63) is 0 Å². The highest BCUT2D eigenvalue weighted by Gasteiger charge is 2.41. The normalized spacial score (nSPS) is 29.8. The van der Waals surface area contributed by atoms with E-state index < -0.39 is 0 Å². The molecule has 2 saturated heterocycles. The molecule has 104 valence electrons. The monoisotopic (exact) mass is 252 g/mol. The summed E-state index contributed by atoms with van der Waals surface area (Å²) in [7, 11) is 0. The number of amides is 1. The van der Waals surface area contributed by atoms with E-state index in [9.17, 15) is 4.79 Å². The molecule has 2 aliphatic heterocycles. The van der Waals surface area contributed by atoms with Crippen LogP contribution in [-0.4, -0.2) is 35.5 Å². The van der Waals surface area contributed by atoms with Crippen molar-refractivity contribution in [3.8, 4) is 0 Å². The highest BCUT2D eigenvalue weighted by molar-refractivity contribution is 5.80. The van der Waals surface area contributed by atoms with Crippen molar-refractivity contribution < 1.29 is 4.79 Å². The number of fused-ring (bicyclic) bond motifs is 1. The number of hydrogen-bond donors (Lipinski definition) is 1. The summed E-state index contributed by atoms with van der Waals surface area (Å²) in [6, 6.07) is 1.40. The molecule has 0 aromatic carbocycles. The standard InChI is InChI=1S/C15H28N2O/c1-4-12(5-2)11(3)16-13-10-15(18)17-9-7-6-8-14(13)17/h11-14,16H,4-10H2,1-3H3. The molecule has 0 radical (unpaired) electrons. The molecule has 0 saturated carbocycles. The van der Waals surface area contributed by atoms with Gasteiger partial charge in [-0.3, -0.25) is 4.79 Å². The molecule has 0 bridgehead atoms. The van der Waals surface area contributed by atoms with E-state index >= 15 is 0 Å². The van der Waals surface area contributed by atoms with Crippen molar-refractivity contribution in [2.45, 2.75) is 77.4 Å². The van der Waals surface area contributed by atoms with Gasteiger partial charge in [-0.2, -0.15) is 0 Å². The van der Waals surface area contributed by atoms with Crippen LogP contribution >= 0.6 is 0 Å². The summed E-state index contributed by atoms with van der Waals surface area (Å²) in [5.41, 5.74) is 0. The van der Waals surface area contributed by atoms with Crippen molar-refractivity contribution in [3.63, 3.8) is 0 Å². The zero-order valence-electron chi connectivity index (χ0n) is 12.1. The van der Waals surface area contributed by atoms with Crippen molar-refractivity contribution in [2.24, 2.45) is 5.92 Å². The summed E-state index contributed by atoms with van der Waals surface area (Å²) in [6.07, 6.45) is 6.83. The first-order valence-corrected chi connectivity index (χ1v) is 7.72. The van der Waals surface area contributed by atoms with Crippen LogP contribution in [0.2, 0.25) is 0 Å². The average Bonchev–Trinajstić information content (AvgIpc) is 2.69. The maximum absolute atomic E-state index is 12.0. The van der Waals surface area contributed by atoms with E-state index in [-0.39, 0.29) is 0 Å². The topological polar surface area (TPSA) is 32.3 Å². The van der Waals surface area contributed by atoms with Crippen LogP contribution in [0.3, 0.4) is 0 Å². The van der Waals surface area contributed by atoms with Crippen LogP contribution in [0.25, 0.3) is 0 Å². The van der Waals surface area contributed by atoms with Gasteiger partial charge in [0.2, 0.25) is 5.91 Å². The first kappa shape index (κ1) is 13.9. The van der Waals surface area contributed by atoms with Crippen LogP contribution in [0, 0.1) is 5.92 Å². The highest BCUT2D eigenvalue weighted by atomic mass is 16.2. The van der Waals surface area contributed by atoms with E-state index in [2.05, 4.69) is 31.0 Å². The van der Waals surface area contributed by atoms with Crippen molar-refractivity contribution >= 4 is 5.91 Å². The first-order valence-electron chi connectivity index (χ1n) is 7.72. The van der Waals surface area contributed by atoms with Crippen LogP contribution < -0.4 is 5.32 Å². The predicted molar refractivity (Wildman–Crippen MR) is 74.4 cm³/mol. The van der Waals surface area contributed by atoms with Gasteiger partial charge in [0.1, 0.15) is 0 Å². The maximum atomic E-state index is 12.0. The number of nitrogens with zero attached hydrogens (tertiary/aromatic N) is 1. The Hall–Kier alpha value is -0.570. The lowest BCUT2D eigenvalue weighted by molar-refractivity contribution is -0.129. The zero-order chi connectivity index (χ0) is 13.1. The summed E-state index contributed by atoms with van der Waals surface area (Å²) < 4.78 is 0. The molecule has 0 aromatic rings. The Balaban J connectivity index is 1.95. The van der Waals surface area contributed by atoms with Gasteiger partial charge in [0.15, 0.2) is 0 Å². The lowest BCUT2D eigenvalue weighted by Gasteiger charge is -2.35. The fourth-order valence-corrected chi connectivity index (χ4v) is 3.77. The Morgan fingerprint density at radius 1 is 1.33 bits per heavy atom. The third-order valence-corrected chi connectivity index (χ3v) is 4.96. The molecule has 3 heteroatoms. The van der Waals surface area contributed by atoms with Gasteiger partial charge in [-0.05, 0) is 32.1 Å². The molecule has 18 heavy (non-hydrogen) atoms. The van der Waals surface area contributed by atoms with Gasteiger partial charge >= 0.3 is 0 Å². The van der Waals surface area contributed by atoms with Crippen LogP contribution in [0.4, 0.5) is 0 Å². The lowest BCUT2D eigenvalue weighted by Crippen LogP contribution is -2.49. The quantitative estimate of drug-likeness (QED) is 0.815. The fraction of sp³-hybridized carbons (Fsp3) is 0.933. The van der Waals surface area contributed by atoms with Gasteiger partial charge in [-0.1, -0.05) is 26.7 Å². The third-order valence-electron chi connectivity index (χ3n) is 4.96. The van der Waals surface area contributed by atoms with Gasteiger partial charge in [-0.25, -0.2) is 0 Å². The molecule has 2 fully saturated rings. The second-order valence-corrected chi connectivity index (χ2v) is 5.99. The number of hydrogen-bond acceptors (Lipinski definition) is 2. The highest BCUT2D eigenvalue weighted by Crippen LogP contribution is 2.29. The van der Waals surface area contributed by atoms with E-state index in [4.69, 9.17) is 0 Å². The van der Waals surface area contributed by atoms with E-state index in [0.29, 0.717) is 24.0 Å². The minimum absolute atomic E-state index is 0.369. The van der Waals surface area contributed by atoms with Crippen LogP contribution in [0.15, 0.2) is 0 Å². The predicted octanol–water partition coefficient (Wildman–Crippen LogP) is 2.55. The van der Waals surface area contributed by atoms with Crippen LogP contribution in [0.1, 0.15) is 59.3 Å². The van der Waals surface area contributed by atoms with E-state index in [1.54, 1.807) is 0 Å². The molecule has 3 unspecified atom stereocenters. The third kappa shape index (κ3) is 2.71. The fourth-order valence-electron chi connectivity index (χ4n) is 3.77. The largest absolute Gasteiger partial charge is 0.338 e. The summed E-state index contributed by atoms with van der Waals surface area (Å²) >= 11 is 0. The van der Waals surface area contributed by atoms with Crippen molar-refractivity contribution in [1.82, 2.24) is 10.2 Å². The number of carbonyl (C=O) groups excluding carboxylic acids is 1. The summed E-state index contributed by atoms with van der Waals surface area (Å²) in [5.74, 6) is 1.10. The molecule has 0 aliphatic carbocycles. The van der Waals surface area contributed by atoms with Crippen LogP contribution in [-0.2, 0) is 4.79 Å². The van der Waals surface area contributed by atoms with E-state index in [1.807, 2.05) is 0 Å². The Labute approximate surface area is 111 Å². The molecule has 0 spiro atoms. The van der Waals surface area contributed by atoms with E-state index in [0.717, 1.165) is 18.9 Å². The molecular formula is C15H28N2O. The number of piperidine rings is 1. The number of nitrogens with one attached hydrogen (secondary N) is 1. The van der Waals surface area contributed by atoms with Crippen molar-refractivity contribution in [2.75, 3.05) is 6.54 Å². The maximum Gasteiger partial charge on any atom is 0.224 e. The second kappa shape index (κ2) is 6.05. The van der Waals surface area contributed by atoms with Gasteiger partial charge in [0.05, 0.1) is 0 Å². The Kier molecular flexibility index (Phi) is 4.66. The lowest BCUT2D eigenvalue weighted by atomic mass is 9.92. The SMILES string of the molecule is CCC(CC)C(C)NC1CC(=O)N2CCCCC12. The van der Waals surface area contributed by atoms with Crippen molar-refractivity contribution in [1.29, 1.82) is 0 Å². The first-order chi connectivity index (χ1) is 8.67. The summed E-state index contributed by atoms with van der Waals surface area (Å²) in [6.45, 7) is 7.80. The number of rotatable bonds is 5. The summed E-state index contributed by atoms with van der Waals surface area (Å²) in [5, 5.41) is 3.75. The van der Waals surface area contributed by atoms with Gasteiger partial charge in [0.25, 0.3) is 0 Å². The molecule has 3 atom stereocenters. The van der Waals surface area contributed by atoms with Crippen LogP contribution in [0.5, 0.6) is 0 Å². The van der Waals surface area contributed by atoms with Gasteiger partial charge in [-0.15, -0.1) is 0 Å². The van der Waals surface area contributed by atoms with Gasteiger partial charge in [0, 0.05) is 31.1 Å². The smallest absolute Gasteiger partial charge is 0.224 e. The molecule has 0 aromatic heterocycles. The molecule has 2 aliphatic rings. The molecule has 3 nitrogen and oxygen atoms in total.